The molecule has 0 fully saturated rings. The predicted octanol–water partition coefficient (Wildman–Crippen LogP) is 2.95. The number of hydrogen-bond acceptors (Lipinski definition) is 4. The zero-order valence-electron chi connectivity index (χ0n) is 13.2. The zero-order valence-corrected chi connectivity index (χ0v) is 13.2. The summed E-state index contributed by atoms with van der Waals surface area (Å²) in [6.45, 7) is 0.948. The summed E-state index contributed by atoms with van der Waals surface area (Å²) in [5.74, 6) is 2.47. The van der Waals surface area contributed by atoms with Crippen molar-refractivity contribution in [3.63, 3.8) is 0 Å². The highest BCUT2D eigenvalue weighted by Crippen LogP contribution is 2.35. The van der Waals surface area contributed by atoms with Gasteiger partial charge in [0.25, 0.3) is 0 Å². The molecule has 1 unspecified atom stereocenters. The average molecular weight is 299 g/mol. The van der Waals surface area contributed by atoms with Crippen molar-refractivity contribution in [1.29, 1.82) is 0 Å². The summed E-state index contributed by atoms with van der Waals surface area (Å²) in [4.78, 5) is 0. The van der Waals surface area contributed by atoms with E-state index in [1.807, 2.05) is 12.1 Å². The number of fused-ring (bicyclic) bond motifs is 1. The Hall–Kier alpha value is -2.20. The molecule has 116 valence electrons. The molecule has 0 amide bonds. The number of ether oxygens (including phenoxy) is 3. The van der Waals surface area contributed by atoms with Gasteiger partial charge >= 0.3 is 0 Å². The molecule has 4 nitrogen and oxygen atoms in total. The van der Waals surface area contributed by atoms with Crippen LogP contribution < -0.4 is 19.5 Å². The highest BCUT2D eigenvalue weighted by molar-refractivity contribution is 5.47. The van der Waals surface area contributed by atoms with Gasteiger partial charge in [0, 0.05) is 12.6 Å². The van der Waals surface area contributed by atoms with Crippen LogP contribution in [0.5, 0.6) is 17.2 Å². The van der Waals surface area contributed by atoms with Crippen LogP contribution in [0, 0.1) is 0 Å². The molecule has 0 aromatic heterocycles. The van der Waals surface area contributed by atoms with Crippen LogP contribution in [-0.2, 0) is 6.42 Å². The molecular weight excluding hydrogens is 278 g/mol. The Bertz CT molecular complexity index is 647. The minimum absolute atomic E-state index is 0.114. The summed E-state index contributed by atoms with van der Waals surface area (Å²) < 4.78 is 16.2. The van der Waals surface area contributed by atoms with Crippen molar-refractivity contribution in [2.45, 2.75) is 12.5 Å². The lowest BCUT2D eigenvalue weighted by atomic mass is 9.89. The van der Waals surface area contributed by atoms with Crippen LogP contribution >= 0.6 is 0 Å². The summed E-state index contributed by atoms with van der Waals surface area (Å²) in [5.41, 5.74) is 3.73. The number of methoxy groups -OCH3 is 3. The fraction of sp³-hybridized carbons (Fsp3) is 0.333. The smallest absolute Gasteiger partial charge is 0.122 e. The second kappa shape index (κ2) is 6.28. The largest absolute Gasteiger partial charge is 0.497 e. The number of benzene rings is 2. The molecule has 0 bridgehead atoms. The minimum Gasteiger partial charge on any atom is -0.497 e. The molecule has 0 saturated heterocycles. The van der Waals surface area contributed by atoms with E-state index in [0.717, 1.165) is 35.8 Å². The first-order chi connectivity index (χ1) is 10.7. The number of hydrogen-bond donors (Lipinski definition) is 1. The average Bonchev–Trinajstić information content (AvgIpc) is 2.60. The highest BCUT2D eigenvalue weighted by Gasteiger charge is 2.23. The molecular formula is C18H21NO3. The SMILES string of the molecule is COc1cc(OC)cc(C2NCCc3ccc(OC)cc32)c1. The fourth-order valence-electron chi connectivity index (χ4n) is 2.95. The van der Waals surface area contributed by atoms with Gasteiger partial charge in [-0.25, -0.2) is 0 Å². The Morgan fingerprint density at radius 1 is 0.864 bits per heavy atom. The van der Waals surface area contributed by atoms with E-state index in [2.05, 4.69) is 29.6 Å². The standard InChI is InChI=1S/C18H21NO3/c1-20-14-5-4-12-6-7-19-18(17(12)11-14)13-8-15(21-2)10-16(9-13)22-3/h4-5,8-11,18-19H,6-7H2,1-3H3. The number of rotatable bonds is 4. The van der Waals surface area contributed by atoms with Gasteiger partial charge in [0.1, 0.15) is 17.2 Å². The van der Waals surface area contributed by atoms with Gasteiger partial charge in [0.2, 0.25) is 0 Å². The Kier molecular flexibility index (Phi) is 4.20. The van der Waals surface area contributed by atoms with Crippen LogP contribution in [0.2, 0.25) is 0 Å². The summed E-state index contributed by atoms with van der Waals surface area (Å²) in [6, 6.07) is 12.4. The van der Waals surface area contributed by atoms with E-state index in [-0.39, 0.29) is 6.04 Å². The van der Waals surface area contributed by atoms with Gasteiger partial charge in [-0.05, 0) is 47.4 Å². The van der Waals surface area contributed by atoms with Gasteiger partial charge in [0.15, 0.2) is 0 Å². The lowest BCUT2D eigenvalue weighted by Crippen LogP contribution is -2.30. The van der Waals surface area contributed by atoms with E-state index in [0.29, 0.717) is 0 Å². The van der Waals surface area contributed by atoms with Crippen LogP contribution in [0.3, 0.4) is 0 Å². The van der Waals surface area contributed by atoms with Crippen LogP contribution in [-0.4, -0.2) is 27.9 Å². The fourth-order valence-corrected chi connectivity index (χ4v) is 2.95. The predicted molar refractivity (Wildman–Crippen MR) is 86.1 cm³/mol. The van der Waals surface area contributed by atoms with Crippen molar-refractivity contribution in [2.24, 2.45) is 0 Å². The normalized spacial score (nSPS) is 16.8. The first kappa shape index (κ1) is 14.7. The molecule has 0 aliphatic carbocycles. The lowest BCUT2D eigenvalue weighted by Gasteiger charge is -2.28. The number of nitrogens with one attached hydrogen (secondary N) is 1. The summed E-state index contributed by atoms with van der Waals surface area (Å²) in [6.07, 6.45) is 1.02. The first-order valence-corrected chi connectivity index (χ1v) is 7.38. The third kappa shape index (κ3) is 2.74. The van der Waals surface area contributed by atoms with Crippen LogP contribution in [0.1, 0.15) is 22.7 Å². The van der Waals surface area contributed by atoms with Crippen molar-refractivity contribution >= 4 is 0 Å². The quantitative estimate of drug-likeness (QED) is 0.942. The Morgan fingerprint density at radius 3 is 2.18 bits per heavy atom. The van der Waals surface area contributed by atoms with Crippen molar-refractivity contribution < 1.29 is 14.2 Å². The molecule has 1 atom stereocenters. The van der Waals surface area contributed by atoms with Crippen molar-refractivity contribution in [1.82, 2.24) is 5.32 Å². The minimum atomic E-state index is 0.114. The molecule has 2 aromatic rings. The van der Waals surface area contributed by atoms with Crippen molar-refractivity contribution in [3.8, 4) is 17.2 Å². The summed E-state index contributed by atoms with van der Waals surface area (Å²) in [5, 5.41) is 3.58. The molecule has 1 N–H and O–H groups in total. The van der Waals surface area contributed by atoms with Crippen molar-refractivity contribution in [2.75, 3.05) is 27.9 Å². The van der Waals surface area contributed by atoms with Gasteiger partial charge in [-0.2, -0.15) is 0 Å². The Labute approximate surface area is 131 Å². The third-order valence-electron chi connectivity index (χ3n) is 4.11. The topological polar surface area (TPSA) is 39.7 Å². The van der Waals surface area contributed by atoms with Crippen LogP contribution in [0.15, 0.2) is 36.4 Å². The third-order valence-corrected chi connectivity index (χ3v) is 4.11. The van der Waals surface area contributed by atoms with Crippen molar-refractivity contribution in [3.05, 3.63) is 53.1 Å². The van der Waals surface area contributed by atoms with Gasteiger partial charge in [-0.3, -0.25) is 0 Å². The maximum atomic E-state index is 5.39. The van der Waals surface area contributed by atoms with Crippen LogP contribution in [0.4, 0.5) is 0 Å². The monoisotopic (exact) mass is 299 g/mol. The molecule has 1 aliphatic rings. The van der Waals surface area contributed by atoms with Gasteiger partial charge in [-0.15, -0.1) is 0 Å². The van der Waals surface area contributed by atoms with Gasteiger partial charge in [-0.1, -0.05) is 6.07 Å². The van der Waals surface area contributed by atoms with E-state index in [9.17, 15) is 0 Å². The van der Waals surface area contributed by atoms with Gasteiger partial charge < -0.3 is 19.5 Å². The molecule has 0 saturated carbocycles. The molecule has 3 rings (SSSR count). The van der Waals surface area contributed by atoms with Crippen LogP contribution in [0.25, 0.3) is 0 Å². The second-order valence-corrected chi connectivity index (χ2v) is 5.35. The summed E-state index contributed by atoms with van der Waals surface area (Å²) >= 11 is 0. The lowest BCUT2D eigenvalue weighted by molar-refractivity contribution is 0.392. The Balaban J connectivity index is 2.07. The maximum Gasteiger partial charge on any atom is 0.122 e. The highest BCUT2D eigenvalue weighted by atomic mass is 16.5. The zero-order chi connectivity index (χ0) is 15.5. The first-order valence-electron chi connectivity index (χ1n) is 7.38. The maximum absolute atomic E-state index is 5.39. The molecule has 1 heterocycles. The van der Waals surface area contributed by atoms with E-state index >= 15 is 0 Å². The van der Waals surface area contributed by atoms with E-state index in [4.69, 9.17) is 14.2 Å². The summed E-state index contributed by atoms with van der Waals surface area (Å²) in [7, 11) is 5.04. The molecule has 4 heteroatoms. The molecule has 0 spiro atoms. The van der Waals surface area contributed by atoms with Gasteiger partial charge in [0.05, 0.1) is 27.4 Å². The molecule has 1 aliphatic heterocycles. The van der Waals surface area contributed by atoms with E-state index < -0.39 is 0 Å². The molecule has 22 heavy (non-hydrogen) atoms. The van der Waals surface area contributed by atoms with E-state index in [1.54, 1.807) is 21.3 Å². The molecule has 0 radical (unpaired) electrons. The second-order valence-electron chi connectivity index (χ2n) is 5.35. The van der Waals surface area contributed by atoms with E-state index in [1.165, 1.54) is 11.1 Å². The molecule has 2 aromatic carbocycles. The Morgan fingerprint density at radius 2 is 1.55 bits per heavy atom.